The topological polar surface area (TPSA) is 188 Å². The lowest BCUT2D eigenvalue weighted by Gasteiger charge is -2.07. The second kappa shape index (κ2) is 8.99. The van der Waals surface area contributed by atoms with Crippen LogP contribution >= 0.6 is 0 Å². The number of H-pyrrole nitrogens is 2. The fourth-order valence-electron chi connectivity index (χ4n) is 3.78. The van der Waals surface area contributed by atoms with E-state index < -0.39 is 33.5 Å². The Morgan fingerprint density at radius 1 is 0.914 bits per heavy atom. The fourth-order valence-corrected chi connectivity index (χ4v) is 3.78. The Morgan fingerprint density at radius 2 is 1.51 bits per heavy atom. The van der Waals surface area contributed by atoms with Crippen molar-refractivity contribution in [3.05, 3.63) is 97.5 Å². The van der Waals surface area contributed by atoms with Crippen LogP contribution in [0.2, 0.25) is 0 Å². The average molecular weight is 461 g/mol. The summed E-state index contributed by atoms with van der Waals surface area (Å²) >= 11 is 0. The van der Waals surface area contributed by atoms with E-state index in [9.17, 15) is 30.5 Å². The molecular weight excluding hydrogens is 446 g/mol. The smallest absolute Gasteiger partial charge is 0.279 e. The highest BCUT2D eigenvalue weighted by molar-refractivity contribution is 5.85. The number of nitrogens with two attached hydrogens (primary N) is 1. The molecule has 0 bridgehead atoms. The molecule has 0 radical (unpaired) electrons. The van der Waals surface area contributed by atoms with E-state index in [1.54, 1.807) is 78.9 Å². The highest BCUT2D eigenvalue weighted by atomic mass is 16.3. The molecule has 0 aliphatic rings. The number of nitrogens with one attached hydrogen (secondary N) is 2. The van der Waals surface area contributed by atoms with Crippen LogP contribution in [0.15, 0.2) is 70.3 Å². The lowest BCUT2D eigenvalue weighted by atomic mass is 9.96. The van der Waals surface area contributed by atoms with Crippen LogP contribution in [0, 0.1) is 34.0 Å². The predicted molar refractivity (Wildman–Crippen MR) is 127 cm³/mol. The third-order valence-corrected chi connectivity index (χ3v) is 5.27. The van der Waals surface area contributed by atoms with Gasteiger partial charge in [0.15, 0.2) is 11.5 Å². The van der Waals surface area contributed by atoms with Gasteiger partial charge in [-0.3, -0.25) is 14.7 Å². The maximum Gasteiger partial charge on any atom is 0.279 e. The SMILES string of the molecule is N#CC(C#N)=c1[nH]c(=O)c(C#N)c(-c2c(-c3ccccc3)[nH]n(-c3ccccc3)c2=O)/c1=C(/N)O. The summed E-state index contributed by atoms with van der Waals surface area (Å²) in [5, 5.41) is 41.2. The fraction of sp³-hybridized carbons (Fsp3) is 0. The molecule has 0 saturated carbocycles. The third kappa shape index (κ3) is 3.72. The first-order valence-corrected chi connectivity index (χ1v) is 10.1. The van der Waals surface area contributed by atoms with Crippen LogP contribution in [0.3, 0.4) is 0 Å². The maximum absolute atomic E-state index is 13.8. The van der Waals surface area contributed by atoms with Crippen molar-refractivity contribution in [3.63, 3.8) is 0 Å². The largest absolute Gasteiger partial charge is 0.494 e. The summed E-state index contributed by atoms with van der Waals surface area (Å²) in [5.74, 6) is -0.892. The highest BCUT2D eigenvalue weighted by Crippen LogP contribution is 2.28. The normalized spacial score (nSPS) is 11.1. The monoisotopic (exact) mass is 461 g/mol. The molecule has 0 atom stereocenters. The number of aliphatic hydroxyl groups is 1. The predicted octanol–water partition coefficient (Wildman–Crippen LogP) is 0.840. The number of rotatable bonds is 3. The van der Waals surface area contributed by atoms with E-state index >= 15 is 0 Å². The van der Waals surface area contributed by atoms with E-state index in [0.29, 0.717) is 11.3 Å². The molecule has 0 aliphatic carbocycles. The summed E-state index contributed by atoms with van der Waals surface area (Å²) in [6.45, 7) is 0. The van der Waals surface area contributed by atoms with Crippen LogP contribution in [-0.4, -0.2) is 19.9 Å². The number of nitrogens with zero attached hydrogens (tertiary/aromatic N) is 4. The quantitative estimate of drug-likeness (QED) is 0.348. The van der Waals surface area contributed by atoms with Crippen molar-refractivity contribution >= 4 is 11.5 Å². The molecule has 5 N–H and O–H groups in total. The van der Waals surface area contributed by atoms with Crippen LogP contribution in [0.5, 0.6) is 0 Å². The van der Waals surface area contributed by atoms with Crippen molar-refractivity contribution in [2.45, 2.75) is 0 Å². The summed E-state index contributed by atoms with van der Waals surface area (Å²) in [6, 6.07) is 22.2. The molecule has 168 valence electrons. The highest BCUT2D eigenvalue weighted by Gasteiger charge is 2.25. The van der Waals surface area contributed by atoms with E-state index in [-0.39, 0.29) is 22.0 Å². The van der Waals surface area contributed by atoms with Gasteiger partial charge in [0, 0.05) is 11.1 Å². The summed E-state index contributed by atoms with van der Waals surface area (Å²) < 4.78 is 1.22. The first-order chi connectivity index (χ1) is 16.9. The molecule has 10 heteroatoms. The van der Waals surface area contributed by atoms with Crippen molar-refractivity contribution in [1.82, 2.24) is 14.8 Å². The number of pyridine rings is 1. The number of hydrogen-bond acceptors (Lipinski definition) is 7. The van der Waals surface area contributed by atoms with Gasteiger partial charge in [-0.05, 0) is 12.1 Å². The molecule has 4 aromatic rings. The third-order valence-electron chi connectivity index (χ3n) is 5.27. The molecule has 4 rings (SSSR count). The Labute approximate surface area is 197 Å². The van der Waals surface area contributed by atoms with E-state index in [1.165, 1.54) is 4.68 Å². The van der Waals surface area contributed by atoms with E-state index in [4.69, 9.17) is 5.73 Å². The van der Waals surface area contributed by atoms with E-state index in [0.717, 1.165) is 0 Å². The van der Waals surface area contributed by atoms with Crippen LogP contribution in [0.25, 0.3) is 39.5 Å². The minimum absolute atomic E-state index is 0.147. The van der Waals surface area contributed by atoms with Gasteiger partial charge < -0.3 is 15.8 Å². The molecule has 0 saturated heterocycles. The Bertz CT molecular complexity index is 1810. The van der Waals surface area contributed by atoms with Crippen molar-refractivity contribution in [2.24, 2.45) is 5.73 Å². The van der Waals surface area contributed by atoms with Crippen LogP contribution in [-0.2, 0) is 0 Å². The van der Waals surface area contributed by atoms with Gasteiger partial charge in [0.05, 0.1) is 27.5 Å². The molecule has 0 unspecified atom stereocenters. The lowest BCUT2D eigenvalue weighted by Crippen LogP contribution is -2.42. The van der Waals surface area contributed by atoms with Gasteiger partial charge in [0.1, 0.15) is 23.8 Å². The molecule has 0 fully saturated rings. The average Bonchev–Trinajstić information content (AvgIpc) is 3.22. The number of para-hydroxylation sites is 1. The summed E-state index contributed by atoms with van der Waals surface area (Å²) in [7, 11) is 0. The Hall–Kier alpha value is -5.79. The molecule has 2 aromatic heterocycles. The zero-order valence-electron chi connectivity index (χ0n) is 17.9. The number of aromatic nitrogens is 3. The Morgan fingerprint density at radius 3 is 2.06 bits per heavy atom. The van der Waals surface area contributed by atoms with E-state index in [1.807, 2.05) is 0 Å². The van der Waals surface area contributed by atoms with Crippen LogP contribution in [0.1, 0.15) is 5.56 Å². The van der Waals surface area contributed by atoms with Crippen molar-refractivity contribution in [3.8, 4) is 46.3 Å². The molecular formula is C25H15N7O3. The number of aromatic amines is 2. The lowest BCUT2D eigenvalue weighted by molar-refractivity contribution is 0.492. The van der Waals surface area contributed by atoms with Crippen molar-refractivity contribution in [1.29, 1.82) is 15.8 Å². The molecule has 35 heavy (non-hydrogen) atoms. The molecule has 2 heterocycles. The minimum atomic E-state index is -0.962. The van der Waals surface area contributed by atoms with Gasteiger partial charge in [0.25, 0.3) is 11.1 Å². The standard InChI is InChI=1S/C25H15N7O3/c26-11-15(12-27)21-19(23(29)33)18(17(13-28)24(34)30-21)20-22(14-7-3-1-4-8-14)31-32(25(20)35)16-9-5-2-6-10-16/h1-10,31,33H,29H2,(H,30,34)/b23-19+. The van der Waals surface area contributed by atoms with Gasteiger partial charge in [-0.15, -0.1) is 0 Å². The van der Waals surface area contributed by atoms with E-state index in [2.05, 4.69) is 10.1 Å². The van der Waals surface area contributed by atoms with Gasteiger partial charge in [0.2, 0.25) is 0 Å². The van der Waals surface area contributed by atoms with Gasteiger partial charge in [-0.2, -0.15) is 15.8 Å². The number of hydrogen-bond donors (Lipinski definition) is 4. The zero-order valence-corrected chi connectivity index (χ0v) is 17.9. The Kier molecular flexibility index (Phi) is 5.75. The summed E-state index contributed by atoms with van der Waals surface area (Å²) in [6.07, 6.45) is 0. The number of aliphatic hydroxyl groups excluding tert-OH is 1. The van der Waals surface area contributed by atoms with Gasteiger partial charge >= 0.3 is 0 Å². The second-order valence-electron chi connectivity index (χ2n) is 7.25. The number of nitriles is 3. The zero-order chi connectivity index (χ0) is 25.1. The van der Waals surface area contributed by atoms with Crippen LogP contribution < -0.4 is 27.4 Å². The summed E-state index contributed by atoms with van der Waals surface area (Å²) in [4.78, 5) is 28.9. The summed E-state index contributed by atoms with van der Waals surface area (Å²) in [5.41, 5.74) is 3.79. The molecule has 0 amide bonds. The Balaban J connectivity index is 2.34. The van der Waals surface area contributed by atoms with Gasteiger partial charge in [-0.1, -0.05) is 48.5 Å². The minimum Gasteiger partial charge on any atom is -0.494 e. The molecule has 0 spiro atoms. The second-order valence-corrected chi connectivity index (χ2v) is 7.25. The van der Waals surface area contributed by atoms with Crippen molar-refractivity contribution in [2.75, 3.05) is 0 Å². The maximum atomic E-state index is 13.8. The molecule has 10 nitrogen and oxygen atoms in total. The molecule has 0 aliphatic heterocycles. The number of benzene rings is 2. The molecule has 2 aromatic carbocycles. The van der Waals surface area contributed by atoms with Crippen molar-refractivity contribution < 1.29 is 5.11 Å². The first-order valence-electron chi connectivity index (χ1n) is 10.1. The van der Waals surface area contributed by atoms with Crippen LogP contribution in [0.4, 0.5) is 0 Å². The first kappa shape index (κ1) is 22.4. The van der Waals surface area contributed by atoms with Gasteiger partial charge in [-0.25, -0.2) is 4.68 Å².